The van der Waals surface area contributed by atoms with Crippen LogP contribution in [0.15, 0.2) is 122 Å². The minimum absolute atomic E-state index is 0.0880. The fraction of sp³-hybridized carbons (Fsp3) is 0.699. The molecule has 0 saturated carbocycles. The lowest BCUT2D eigenvalue weighted by Gasteiger charge is -2.15. The maximum Gasteiger partial charge on any atom is 0.306 e. The number of unbranched alkanes of at least 4 members (excludes halogenated alkanes) is 32. The average Bonchev–Trinajstić information content (AvgIpc) is 3.44. The van der Waals surface area contributed by atoms with E-state index in [-0.39, 0.29) is 25.2 Å². The number of aliphatic hydroxyl groups excluding tert-OH is 1. The summed E-state index contributed by atoms with van der Waals surface area (Å²) in [6, 6.07) is 0. The Morgan fingerprint density at radius 2 is 0.551 bits per heavy atom. The summed E-state index contributed by atoms with van der Waals surface area (Å²) in [4.78, 5) is 24.6. The van der Waals surface area contributed by atoms with Crippen molar-refractivity contribution in [3.63, 3.8) is 0 Å². The normalized spacial score (nSPS) is 13.0. The molecule has 1 unspecified atom stereocenters. The third kappa shape index (κ3) is 64.8. The fourth-order valence-corrected chi connectivity index (χ4v) is 9.31. The van der Waals surface area contributed by atoms with Crippen molar-refractivity contribution >= 4 is 11.9 Å². The number of allylic oxidation sites excluding steroid dienone is 20. The molecule has 0 radical (unpaired) electrons. The van der Waals surface area contributed by atoms with Crippen LogP contribution in [0.25, 0.3) is 0 Å². The van der Waals surface area contributed by atoms with Crippen LogP contribution < -0.4 is 0 Å². The maximum absolute atomic E-state index is 12.3. The van der Waals surface area contributed by atoms with Crippen molar-refractivity contribution in [1.29, 1.82) is 0 Å². The van der Waals surface area contributed by atoms with Crippen LogP contribution in [0.5, 0.6) is 0 Å². The molecule has 0 saturated heterocycles. The summed E-state index contributed by atoms with van der Waals surface area (Å²) in [6.45, 7) is 4.00. The van der Waals surface area contributed by atoms with Crippen molar-refractivity contribution in [2.45, 2.75) is 315 Å². The zero-order chi connectivity index (χ0) is 56.2. The highest BCUT2D eigenvalue weighted by Gasteiger charge is 2.16. The van der Waals surface area contributed by atoms with Gasteiger partial charge in [-0.2, -0.15) is 0 Å². The van der Waals surface area contributed by atoms with Crippen molar-refractivity contribution in [3.8, 4) is 0 Å². The van der Waals surface area contributed by atoms with Crippen LogP contribution in [-0.4, -0.2) is 36.4 Å². The predicted octanol–water partition coefficient (Wildman–Crippen LogP) is 23.0. The molecule has 0 aromatic heterocycles. The summed E-state index contributed by atoms with van der Waals surface area (Å²) >= 11 is 0. The van der Waals surface area contributed by atoms with Crippen LogP contribution in [0.3, 0.4) is 0 Å². The highest BCUT2D eigenvalue weighted by molar-refractivity contribution is 5.70. The summed E-state index contributed by atoms with van der Waals surface area (Å²) in [7, 11) is 0. The van der Waals surface area contributed by atoms with E-state index in [9.17, 15) is 14.7 Å². The van der Waals surface area contributed by atoms with E-state index in [1.807, 2.05) is 0 Å². The molecule has 5 heteroatoms. The fourth-order valence-electron chi connectivity index (χ4n) is 9.31. The van der Waals surface area contributed by atoms with Crippen LogP contribution in [0.1, 0.15) is 309 Å². The number of carbonyl (C=O) groups is 2. The van der Waals surface area contributed by atoms with E-state index in [4.69, 9.17) is 9.47 Å². The van der Waals surface area contributed by atoms with E-state index in [0.717, 1.165) is 96.3 Å². The monoisotopic (exact) mass is 1080 g/mol. The van der Waals surface area contributed by atoms with Gasteiger partial charge >= 0.3 is 11.9 Å². The molecule has 78 heavy (non-hydrogen) atoms. The lowest BCUT2D eigenvalue weighted by Crippen LogP contribution is -2.28. The minimum atomic E-state index is -0.804. The second kappa shape index (κ2) is 67.6. The second-order valence-electron chi connectivity index (χ2n) is 21.8. The molecule has 0 aromatic rings. The number of aliphatic hydroxyl groups is 1. The molecule has 0 rings (SSSR count). The minimum Gasteiger partial charge on any atom is -0.462 e. The quantitative estimate of drug-likeness (QED) is 0.0373. The number of hydrogen-bond donors (Lipinski definition) is 1. The molecule has 5 nitrogen and oxygen atoms in total. The lowest BCUT2D eigenvalue weighted by molar-refractivity contribution is -0.161. The number of esters is 2. The van der Waals surface area contributed by atoms with Gasteiger partial charge in [0.1, 0.15) is 6.61 Å². The molecule has 0 amide bonds. The van der Waals surface area contributed by atoms with E-state index >= 15 is 0 Å². The van der Waals surface area contributed by atoms with E-state index < -0.39 is 6.10 Å². The molecule has 0 heterocycles. The second-order valence-corrected chi connectivity index (χ2v) is 21.8. The smallest absolute Gasteiger partial charge is 0.306 e. The van der Waals surface area contributed by atoms with Gasteiger partial charge in [0.2, 0.25) is 0 Å². The summed E-state index contributed by atoms with van der Waals surface area (Å²) in [6.07, 6.45) is 99.3. The first-order chi connectivity index (χ1) is 38.6. The molecule has 1 N–H and O–H groups in total. The highest BCUT2D eigenvalue weighted by atomic mass is 16.6. The molecule has 0 spiro atoms. The molecule has 0 aliphatic rings. The Hall–Kier alpha value is -3.70. The average molecular weight is 1080 g/mol. The largest absolute Gasteiger partial charge is 0.462 e. The SMILES string of the molecule is CC/C=C\C/C=C\C/C=C\C/C=C\C/C=C\C/C=C\C/C=C\C/C=C\CCCCC(=O)OC(CO)COC(=O)CCCCCCCCCCCCCCCCCCCCCCCCCCC/C=C\C/C=C\CCCCCCC. The first-order valence-corrected chi connectivity index (χ1v) is 33.1. The summed E-state index contributed by atoms with van der Waals surface area (Å²) in [5.74, 6) is -0.638. The van der Waals surface area contributed by atoms with Gasteiger partial charge in [-0.15, -0.1) is 0 Å². The van der Waals surface area contributed by atoms with Gasteiger partial charge in [-0.25, -0.2) is 0 Å². The summed E-state index contributed by atoms with van der Waals surface area (Å²) < 4.78 is 10.7. The molecular formula is C73H124O5. The van der Waals surface area contributed by atoms with Gasteiger partial charge in [-0.3, -0.25) is 9.59 Å². The van der Waals surface area contributed by atoms with E-state index in [0.29, 0.717) is 12.8 Å². The van der Waals surface area contributed by atoms with Crippen LogP contribution in [-0.2, 0) is 19.1 Å². The number of rotatable bonds is 60. The number of carbonyl (C=O) groups excluding carboxylic acids is 2. The molecule has 0 bridgehead atoms. The predicted molar refractivity (Wildman–Crippen MR) is 343 cm³/mol. The Morgan fingerprint density at radius 3 is 0.859 bits per heavy atom. The zero-order valence-electron chi connectivity index (χ0n) is 51.1. The van der Waals surface area contributed by atoms with Crippen molar-refractivity contribution in [2.75, 3.05) is 13.2 Å². The van der Waals surface area contributed by atoms with Crippen LogP contribution in [0.2, 0.25) is 0 Å². The van der Waals surface area contributed by atoms with Gasteiger partial charge < -0.3 is 14.6 Å². The Morgan fingerprint density at radius 1 is 0.308 bits per heavy atom. The van der Waals surface area contributed by atoms with Gasteiger partial charge in [-0.1, -0.05) is 309 Å². The van der Waals surface area contributed by atoms with Crippen molar-refractivity contribution in [2.24, 2.45) is 0 Å². The maximum atomic E-state index is 12.3. The molecule has 446 valence electrons. The van der Waals surface area contributed by atoms with Crippen LogP contribution in [0, 0.1) is 0 Å². The molecule has 1 atom stereocenters. The first kappa shape index (κ1) is 74.3. The molecule has 0 aromatic carbocycles. The topological polar surface area (TPSA) is 72.8 Å². The van der Waals surface area contributed by atoms with Crippen molar-refractivity contribution in [3.05, 3.63) is 122 Å². The summed E-state index contributed by atoms with van der Waals surface area (Å²) in [5, 5.41) is 9.68. The van der Waals surface area contributed by atoms with Crippen LogP contribution in [0.4, 0.5) is 0 Å². The van der Waals surface area contributed by atoms with E-state index in [1.165, 1.54) is 186 Å². The number of ether oxygens (including phenoxy) is 2. The summed E-state index contributed by atoms with van der Waals surface area (Å²) in [5.41, 5.74) is 0. The Balaban J connectivity index is 3.51. The lowest BCUT2D eigenvalue weighted by atomic mass is 10.0. The zero-order valence-corrected chi connectivity index (χ0v) is 51.1. The standard InChI is InChI=1S/C73H124O5/c1-3-5-7-9-11-13-15-17-19-21-23-25-27-29-31-32-33-34-35-36-37-38-39-40-42-43-45-47-49-51-53-55-57-59-61-63-65-67-72(75)77-70-71(69-74)78-73(76)68-66-64-62-60-58-56-54-52-50-48-46-44-41-30-28-26-24-22-20-18-16-14-12-10-8-6-4-2/h6,8,12,14-15,17-18,20-21,23-24,26,30,41,46,48,52,54,58,60,71,74H,3-5,7,9-11,13,16,19,22,25,27-29,31-40,42-45,47,49-51,53,55-57,59,61-70H2,1-2H3/b8-6-,14-12-,17-15-,20-18-,23-21-,26-24-,41-30-,48-46-,54-52-,60-58-. The molecule has 0 fully saturated rings. The third-order valence-electron chi connectivity index (χ3n) is 14.2. The van der Waals surface area contributed by atoms with Crippen LogP contribution >= 0.6 is 0 Å². The Labute approximate surface area is 483 Å². The van der Waals surface area contributed by atoms with Gasteiger partial charge in [-0.05, 0) is 109 Å². The first-order valence-electron chi connectivity index (χ1n) is 33.1. The highest BCUT2D eigenvalue weighted by Crippen LogP contribution is 2.17. The van der Waals surface area contributed by atoms with E-state index in [1.54, 1.807) is 0 Å². The van der Waals surface area contributed by atoms with Gasteiger partial charge in [0.25, 0.3) is 0 Å². The molecule has 0 aliphatic heterocycles. The van der Waals surface area contributed by atoms with E-state index in [2.05, 4.69) is 135 Å². The van der Waals surface area contributed by atoms with Gasteiger partial charge in [0.15, 0.2) is 6.10 Å². The number of hydrogen-bond acceptors (Lipinski definition) is 5. The third-order valence-corrected chi connectivity index (χ3v) is 14.2. The Kier molecular flexibility index (Phi) is 64.4. The van der Waals surface area contributed by atoms with Gasteiger partial charge in [0, 0.05) is 12.8 Å². The van der Waals surface area contributed by atoms with Gasteiger partial charge in [0.05, 0.1) is 6.61 Å². The molecule has 0 aliphatic carbocycles. The van der Waals surface area contributed by atoms with Crippen molar-refractivity contribution < 1.29 is 24.2 Å². The van der Waals surface area contributed by atoms with Crippen molar-refractivity contribution in [1.82, 2.24) is 0 Å². The molecular weight excluding hydrogens is 957 g/mol. The Bertz CT molecular complexity index is 1550.